The summed E-state index contributed by atoms with van der Waals surface area (Å²) in [4.78, 5) is 0. The molecule has 14 heavy (non-hydrogen) atoms. The highest BCUT2D eigenvalue weighted by Gasteiger charge is 2.45. The van der Waals surface area contributed by atoms with Crippen molar-refractivity contribution < 1.29 is 35.4 Å². The molecule has 1 saturated heterocycles. The topological polar surface area (TPSA) is 131 Å². The Hall–Kier alpha value is -0.280. The summed E-state index contributed by atoms with van der Waals surface area (Å²) in [5.74, 6) is 0. The van der Waals surface area contributed by atoms with Crippen LogP contribution in [0, 0.1) is 0 Å². The molecule has 0 amide bonds. The van der Waals surface area contributed by atoms with Gasteiger partial charge in [-0.25, -0.2) is 0 Å². The predicted octanol–water partition coefficient (Wildman–Crippen LogP) is -3.86. The minimum absolute atomic E-state index is 0.683. The maximum atomic E-state index is 9.31. The third-order valence-electron chi connectivity index (χ3n) is 2.19. The highest BCUT2D eigenvalue weighted by molar-refractivity contribution is 4.91. The van der Waals surface area contributed by atoms with Gasteiger partial charge in [-0.2, -0.15) is 0 Å². The fourth-order valence-electron chi connectivity index (χ4n) is 1.31. The van der Waals surface area contributed by atoms with Gasteiger partial charge >= 0.3 is 0 Å². The van der Waals surface area contributed by atoms with E-state index in [0.717, 1.165) is 0 Å². The zero-order valence-electron chi connectivity index (χ0n) is 7.26. The molecule has 0 aliphatic carbocycles. The van der Waals surface area contributed by atoms with Crippen molar-refractivity contribution in [3.63, 3.8) is 0 Å². The third kappa shape index (κ3) is 2.04. The minimum atomic E-state index is -1.69. The molecule has 0 saturated carbocycles. The summed E-state index contributed by atoms with van der Waals surface area (Å²) in [6.45, 7) is -0.683. The summed E-state index contributed by atoms with van der Waals surface area (Å²) in [6, 6.07) is 0. The van der Waals surface area contributed by atoms with Crippen molar-refractivity contribution in [1.29, 1.82) is 0 Å². The first kappa shape index (κ1) is 11.8. The Morgan fingerprint density at radius 1 is 1.00 bits per heavy atom. The van der Waals surface area contributed by atoms with E-state index in [4.69, 9.17) is 20.4 Å². The fraction of sp³-hybridized carbons (Fsp3) is 1.00. The van der Waals surface area contributed by atoms with E-state index in [9.17, 15) is 10.2 Å². The molecule has 0 unspecified atom stereocenters. The van der Waals surface area contributed by atoms with Gasteiger partial charge in [0.25, 0.3) is 0 Å². The molecule has 7 heteroatoms. The van der Waals surface area contributed by atoms with E-state index in [2.05, 4.69) is 4.74 Å². The van der Waals surface area contributed by atoms with Crippen LogP contribution >= 0.6 is 0 Å². The van der Waals surface area contributed by atoms with Gasteiger partial charge in [0.05, 0.1) is 6.61 Å². The van der Waals surface area contributed by atoms with Crippen LogP contribution in [0.3, 0.4) is 0 Å². The molecule has 7 nitrogen and oxygen atoms in total. The molecule has 1 aliphatic rings. The van der Waals surface area contributed by atoms with Crippen LogP contribution in [0.25, 0.3) is 0 Å². The van der Waals surface area contributed by atoms with Gasteiger partial charge in [0.2, 0.25) is 0 Å². The second-order valence-corrected chi connectivity index (χ2v) is 3.21. The number of hydrogen-bond donors (Lipinski definition) is 6. The Labute approximate surface area is 79.8 Å². The SMILES string of the molecule is OC[C@H](O)[C@H]1O[C@@H](O)[C@@H](O)[C@@H](O)[C@@H]1O. The van der Waals surface area contributed by atoms with E-state index < -0.39 is 43.4 Å². The van der Waals surface area contributed by atoms with Crippen LogP contribution in [0.2, 0.25) is 0 Å². The van der Waals surface area contributed by atoms with Crippen molar-refractivity contribution in [2.45, 2.75) is 36.8 Å². The predicted molar refractivity (Wildman–Crippen MR) is 42.0 cm³/mol. The maximum absolute atomic E-state index is 9.31. The molecule has 0 spiro atoms. The summed E-state index contributed by atoms with van der Waals surface area (Å²) in [7, 11) is 0. The first-order chi connectivity index (χ1) is 6.49. The minimum Gasteiger partial charge on any atom is -0.394 e. The van der Waals surface area contributed by atoms with Crippen LogP contribution in [-0.2, 0) is 4.74 Å². The van der Waals surface area contributed by atoms with Crippen molar-refractivity contribution in [3.05, 3.63) is 0 Å². The maximum Gasteiger partial charge on any atom is 0.184 e. The van der Waals surface area contributed by atoms with Crippen LogP contribution in [0.4, 0.5) is 0 Å². The van der Waals surface area contributed by atoms with E-state index in [0.29, 0.717) is 0 Å². The lowest BCUT2D eigenvalue weighted by atomic mass is 9.96. The standard InChI is InChI=1S/C7H14O7/c8-1-2(9)6-4(11)3(10)5(12)7(13)14-6/h2-13H,1H2/t2-,3-,4-,5-,6+,7+/m0/s1. The van der Waals surface area contributed by atoms with E-state index >= 15 is 0 Å². The van der Waals surface area contributed by atoms with Gasteiger partial charge in [0.15, 0.2) is 6.29 Å². The number of hydrogen-bond acceptors (Lipinski definition) is 7. The zero-order valence-corrected chi connectivity index (χ0v) is 7.26. The first-order valence-electron chi connectivity index (χ1n) is 4.15. The number of aliphatic hydroxyl groups is 6. The van der Waals surface area contributed by atoms with Crippen molar-refractivity contribution in [1.82, 2.24) is 0 Å². The summed E-state index contributed by atoms with van der Waals surface area (Å²) >= 11 is 0. The lowest BCUT2D eigenvalue weighted by Crippen LogP contribution is -2.61. The van der Waals surface area contributed by atoms with Gasteiger partial charge in [-0.1, -0.05) is 0 Å². The quantitative estimate of drug-likeness (QED) is 0.275. The molecule has 0 aromatic heterocycles. The van der Waals surface area contributed by atoms with Crippen molar-refractivity contribution in [2.24, 2.45) is 0 Å². The Bertz CT molecular complexity index is 187. The Kier molecular flexibility index (Phi) is 3.78. The van der Waals surface area contributed by atoms with Crippen LogP contribution < -0.4 is 0 Å². The first-order valence-corrected chi connectivity index (χ1v) is 4.15. The fourth-order valence-corrected chi connectivity index (χ4v) is 1.31. The lowest BCUT2D eigenvalue weighted by molar-refractivity contribution is -0.298. The van der Waals surface area contributed by atoms with Gasteiger partial charge in [-0.05, 0) is 0 Å². The molecule has 6 atom stereocenters. The summed E-state index contributed by atoms with van der Waals surface area (Å²) in [6.07, 6.45) is -9.26. The molecule has 6 N–H and O–H groups in total. The average Bonchev–Trinajstić information content (AvgIpc) is 2.19. The lowest BCUT2D eigenvalue weighted by Gasteiger charge is -2.39. The molecule has 1 heterocycles. The highest BCUT2D eigenvalue weighted by Crippen LogP contribution is 2.21. The van der Waals surface area contributed by atoms with E-state index in [-0.39, 0.29) is 0 Å². The number of rotatable bonds is 2. The second kappa shape index (κ2) is 4.49. The summed E-state index contributed by atoms with van der Waals surface area (Å²) in [5, 5.41) is 54.3. The highest BCUT2D eigenvalue weighted by atomic mass is 16.6. The third-order valence-corrected chi connectivity index (χ3v) is 2.19. The van der Waals surface area contributed by atoms with E-state index in [1.807, 2.05) is 0 Å². The van der Waals surface area contributed by atoms with Crippen LogP contribution in [0.15, 0.2) is 0 Å². The molecule has 84 valence electrons. The van der Waals surface area contributed by atoms with Gasteiger partial charge < -0.3 is 35.4 Å². The number of aliphatic hydroxyl groups excluding tert-OH is 6. The monoisotopic (exact) mass is 210 g/mol. The molecular formula is C7H14O7. The molecular weight excluding hydrogens is 196 g/mol. The normalized spacial score (nSPS) is 46.3. The average molecular weight is 210 g/mol. The summed E-state index contributed by atoms with van der Waals surface area (Å²) < 4.78 is 4.62. The smallest absolute Gasteiger partial charge is 0.184 e. The van der Waals surface area contributed by atoms with Crippen LogP contribution in [-0.4, -0.2) is 74.1 Å². The largest absolute Gasteiger partial charge is 0.394 e. The second-order valence-electron chi connectivity index (χ2n) is 3.21. The molecule has 0 bridgehead atoms. The molecule has 1 rings (SSSR count). The van der Waals surface area contributed by atoms with Crippen LogP contribution in [0.5, 0.6) is 0 Å². The molecule has 0 aromatic carbocycles. The number of ether oxygens (including phenoxy) is 1. The van der Waals surface area contributed by atoms with Gasteiger partial charge in [0, 0.05) is 0 Å². The molecule has 0 radical (unpaired) electrons. The zero-order chi connectivity index (χ0) is 10.9. The van der Waals surface area contributed by atoms with Crippen molar-refractivity contribution in [3.8, 4) is 0 Å². The Morgan fingerprint density at radius 3 is 2.07 bits per heavy atom. The van der Waals surface area contributed by atoms with Gasteiger partial charge in [-0.3, -0.25) is 0 Å². The Morgan fingerprint density at radius 2 is 1.57 bits per heavy atom. The van der Waals surface area contributed by atoms with Crippen LogP contribution in [0.1, 0.15) is 0 Å². The van der Waals surface area contributed by atoms with Gasteiger partial charge in [0.1, 0.15) is 30.5 Å². The summed E-state index contributed by atoms with van der Waals surface area (Å²) in [5.41, 5.74) is 0. The van der Waals surface area contributed by atoms with Crippen molar-refractivity contribution in [2.75, 3.05) is 6.61 Å². The molecule has 0 aromatic rings. The van der Waals surface area contributed by atoms with E-state index in [1.165, 1.54) is 0 Å². The van der Waals surface area contributed by atoms with E-state index in [1.54, 1.807) is 0 Å². The van der Waals surface area contributed by atoms with Gasteiger partial charge in [-0.15, -0.1) is 0 Å². The molecule has 1 aliphatic heterocycles. The molecule has 1 fully saturated rings. The van der Waals surface area contributed by atoms with Crippen molar-refractivity contribution >= 4 is 0 Å². The Balaban J connectivity index is 2.70.